The Morgan fingerprint density at radius 2 is 2.13 bits per heavy atom. The Labute approximate surface area is 86.6 Å². The predicted octanol–water partition coefficient (Wildman–Crippen LogP) is 1.17. The zero-order chi connectivity index (χ0) is 10.8. The minimum Gasteiger partial charge on any atom is -0.324 e. The molecule has 1 heterocycles. The molecule has 0 radical (unpaired) electrons. The number of hydrogen-bond donors (Lipinski definition) is 1. The van der Waals surface area contributed by atoms with Gasteiger partial charge in [-0.05, 0) is 19.1 Å². The first kappa shape index (κ1) is 9.79. The fraction of sp³-hybridized carbons (Fsp3) is 0.200. The highest BCUT2D eigenvalue weighted by atomic mass is 19.1. The maximum atomic E-state index is 13.4. The molecular formula is C10H11FN4. The van der Waals surface area contributed by atoms with Crippen LogP contribution >= 0.6 is 0 Å². The van der Waals surface area contributed by atoms with E-state index in [9.17, 15) is 4.39 Å². The highest BCUT2D eigenvalue weighted by molar-refractivity contribution is 5.33. The van der Waals surface area contributed by atoms with Crippen molar-refractivity contribution in [3.05, 3.63) is 41.7 Å². The summed E-state index contributed by atoms with van der Waals surface area (Å²) in [4.78, 5) is 4.11. The van der Waals surface area contributed by atoms with E-state index in [4.69, 9.17) is 5.73 Å². The Balaban J connectivity index is 2.54. The summed E-state index contributed by atoms with van der Waals surface area (Å²) in [5.74, 6) is 0.811. The maximum Gasteiger partial charge on any atom is 0.164 e. The Hall–Kier alpha value is -1.75. The minimum atomic E-state index is -0.325. The summed E-state index contributed by atoms with van der Waals surface area (Å²) in [5, 5.41) is 4.10. The largest absolute Gasteiger partial charge is 0.324 e. The second-order valence-electron chi connectivity index (χ2n) is 3.14. The van der Waals surface area contributed by atoms with Gasteiger partial charge in [-0.1, -0.05) is 12.1 Å². The average molecular weight is 206 g/mol. The van der Waals surface area contributed by atoms with Crippen molar-refractivity contribution in [2.75, 3.05) is 0 Å². The smallest absolute Gasteiger partial charge is 0.164 e. The van der Waals surface area contributed by atoms with Crippen molar-refractivity contribution in [2.45, 2.75) is 13.5 Å². The molecule has 0 amide bonds. The van der Waals surface area contributed by atoms with Crippen LogP contribution in [0.4, 0.5) is 4.39 Å². The van der Waals surface area contributed by atoms with Crippen molar-refractivity contribution in [1.82, 2.24) is 14.8 Å². The summed E-state index contributed by atoms with van der Waals surface area (Å²) >= 11 is 0. The van der Waals surface area contributed by atoms with Crippen LogP contribution in [0.1, 0.15) is 11.6 Å². The zero-order valence-electron chi connectivity index (χ0n) is 8.31. The van der Waals surface area contributed by atoms with Gasteiger partial charge in [-0.25, -0.2) is 14.1 Å². The SMILES string of the molecule is Cc1nc(CN)nn1-c1ccccc1F. The molecule has 2 N–H and O–H groups in total. The molecule has 0 fully saturated rings. The number of rotatable bonds is 2. The van der Waals surface area contributed by atoms with Crippen molar-refractivity contribution >= 4 is 0 Å². The molecule has 0 aliphatic rings. The number of benzene rings is 1. The van der Waals surface area contributed by atoms with Crippen LogP contribution in [-0.4, -0.2) is 14.8 Å². The molecular weight excluding hydrogens is 195 g/mol. The van der Waals surface area contributed by atoms with Crippen molar-refractivity contribution in [2.24, 2.45) is 5.73 Å². The molecule has 0 aliphatic carbocycles. The Kier molecular flexibility index (Phi) is 2.47. The molecule has 78 valence electrons. The molecule has 5 heteroatoms. The molecule has 0 saturated carbocycles. The van der Waals surface area contributed by atoms with E-state index in [1.165, 1.54) is 10.7 Å². The number of halogens is 1. The topological polar surface area (TPSA) is 56.7 Å². The molecule has 2 aromatic rings. The Bertz CT molecular complexity index is 478. The molecule has 0 saturated heterocycles. The number of para-hydroxylation sites is 1. The second-order valence-corrected chi connectivity index (χ2v) is 3.14. The average Bonchev–Trinajstić information content (AvgIpc) is 2.60. The van der Waals surface area contributed by atoms with Crippen LogP contribution < -0.4 is 5.73 Å². The van der Waals surface area contributed by atoms with Gasteiger partial charge < -0.3 is 5.73 Å². The third-order valence-corrected chi connectivity index (χ3v) is 2.08. The third kappa shape index (κ3) is 1.73. The van der Waals surface area contributed by atoms with Crippen molar-refractivity contribution in [1.29, 1.82) is 0 Å². The van der Waals surface area contributed by atoms with Gasteiger partial charge in [0.2, 0.25) is 0 Å². The zero-order valence-corrected chi connectivity index (χ0v) is 8.31. The third-order valence-electron chi connectivity index (χ3n) is 2.08. The van der Waals surface area contributed by atoms with E-state index in [-0.39, 0.29) is 12.4 Å². The van der Waals surface area contributed by atoms with Crippen LogP contribution in [0.2, 0.25) is 0 Å². The summed E-state index contributed by atoms with van der Waals surface area (Å²) in [5.41, 5.74) is 5.81. The molecule has 0 unspecified atom stereocenters. The van der Waals surface area contributed by atoms with E-state index in [1.54, 1.807) is 25.1 Å². The Morgan fingerprint density at radius 1 is 1.40 bits per heavy atom. The molecule has 0 aliphatic heterocycles. The fourth-order valence-electron chi connectivity index (χ4n) is 1.38. The monoisotopic (exact) mass is 206 g/mol. The van der Waals surface area contributed by atoms with Crippen LogP contribution in [0.15, 0.2) is 24.3 Å². The Morgan fingerprint density at radius 3 is 2.73 bits per heavy atom. The second kappa shape index (κ2) is 3.78. The summed E-state index contributed by atoms with van der Waals surface area (Å²) < 4.78 is 14.9. The minimum absolute atomic E-state index is 0.252. The summed E-state index contributed by atoms with van der Waals surface area (Å²) in [6.07, 6.45) is 0. The normalized spacial score (nSPS) is 10.6. The summed E-state index contributed by atoms with van der Waals surface area (Å²) in [7, 11) is 0. The molecule has 1 aromatic heterocycles. The van der Waals surface area contributed by atoms with Crippen molar-refractivity contribution < 1.29 is 4.39 Å². The maximum absolute atomic E-state index is 13.4. The first-order valence-electron chi connectivity index (χ1n) is 4.60. The lowest BCUT2D eigenvalue weighted by atomic mass is 10.3. The molecule has 0 spiro atoms. The van der Waals surface area contributed by atoms with Gasteiger partial charge in [-0.3, -0.25) is 0 Å². The van der Waals surface area contributed by atoms with E-state index in [0.29, 0.717) is 17.3 Å². The number of aromatic nitrogens is 3. The molecule has 4 nitrogen and oxygen atoms in total. The lowest BCUT2D eigenvalue weighted by molar-refractivity contribution is 0.607. The van der Waals surface area contributed by atoms with Gasteiger partial charge in [0.05, 0.1) is 6.54 Å². The highest BCUT2D eigenvalue weighted by Crippen LogP contribution is 2.13. The number of nitrogens with two attached hydrogens (primary N) is 1. The van der Waals surface area contributed by atoms with Crippen LogP contribution in [-0.2, 0) is 6.54 Å². The van der Waals surface area contributed by atoms with E-state index in [2.05, 4.69) is 10.1 Å². The fourth-order valence-corrected chi connectivity index (χ4v) is 1.38. The van der Waals surface area contributed by atoms with Crippen LogP contribution in [0.5, 0.6) is 0 Å². The quantitative estimate of drug-likeness (QED) is 0.802. The molecule has 15 heavy (non-hydrogen) atoms. The predicted molar refractivity (Wildman–Crippen MR) is 53.9 cm³/mol. The van der Waals surface area contributed by atoms with Gasteiger partial charge in [0, 0.05) is 0 Å². The number of hydrogen-bond acceptors (Lipinski definition) is 3. The van der Waals surface area contributed by atoms with Gasteiger partial charge >= 0.3 is 0 Å². The molecule has 0 atom stereocenters. The van der Waals surface area contributed by atoms with Crippen molar-refractivity contribution in [3.63, 3.8) is 0 Å². The van der Waals surface area contributed by atoms with E-state index < -0.39 is 0 Å². The highest BCUT2D eigenvalue weighted by Gasteiger charge is 2.09. The molecule has 0 bridgehead atoms. The van der Waals surface area contributed by atoms with E-state index in [0.717, 1.165) is 0 Å². The van der Waals surface area contributed by atoms with Gasteiger partial charge in [0.1, 0.15) is 17.3 Å². The van der Waals surface area contributed by atoms with Crippen molar-refractivity contribution in [3.8, 4) is 5.69 Å². The van der Waals surface area contributed by atoms with Gasteiger partial charge in [0.15, 0.2) is 5.82 Å². The first-order valence-corrected chi connectivity index (χ1v) is 4.60. The number of aryl methyl sites for hydroxylation is 1. The van der Waals surface area contributed by atoms with Gasteiger partial charge in [0.25, 0.3) is 0 Å². The van der Waals surface area contributed by atoms with Crippen LogP contribution in [0.3, 0.4) is 0 Å². The van der Waals surface area contributed by atoms with Crippen LogP contribution in [0.25, 0.3) is 5.69 Å². The lowest BCUT2D eigenvalue weighted by Gasteiger charge is -2.03. The number of nitrogens with zero attached hydrogens (tertiary/aromatic N) is 3. The van der Waals surface area contributed by atoms with E-state index >= 15 is 0 Å². The van der Waals surface area contributed by atoms with Gasteiger partial charge in [-0.15, -0.1) is 5.10 Å². The lowest BCUT2D eigenvalue weighted by Crippen LogP contribution is -2.03. The van der Waals surface area contributed by atoms with E-state index in [1.807, 2.05) is 0 Å². The van der Waals surface area contributed by atoms with Crippen LogP contribution in [0, 0.1) is 12.7 Å². The molecule has 2 rings (SSSR count). The first-order chi connectivity index (χ1) is 7.22. The summed E-state index contributed by atoms with van der Waals surface area (Å²) in [6.45, 7) is 2.01. The molecule has 1 aromatic carbocycles. The van der Waals surface area contributed by atoms with Gasteiger partial charge in [-0.2, -0.15) is 0 Å². The standard InChI is InChI=1S/C10H11FN4/c1-7-13-10(6-12)14-15(7)9-5-3-2-4-8(9)11/h2-5H,6,12H2,1H3. The summed E-state index contributed by atoms with van der Waals surface area (Å²) in [6, 6.07) is 6.42.